The number of hydrogen-bond donors (Lipinski definition) is 2. The van der Waals surface area contributed by atoms with E-state index < -0.39 is 29.1 Å². The molecule has 4 aliphatic rings. The molecule has 1 saturated carbocycles. The number of fused-ring (bicyclic) bond motifs is 7. The Morgan fingerprint density at radius 1 is 1.00 bits per heavy atom. The average Bonchev–Trinajstić information content (AvgIpc) is 3.72. The van der Waals surface area contributed by atoms with Gasteiger partial charge < -0.3 is 10.3 Å². The predicted molar refractivity (Wildman–Crippen MR) is 156 cm³/mol. The number of nitrogens with zero attached hydrogens (tertiary/aromatic N) is 2. The zero-order valence-electron chi connectivity index (χ0n) is 23.0. The quantitative estimate of drug-likeness (QED) is 0.240. The Hall–Kier alpha value is -3.69. The molecule has 10 heteroatoms. The van der Waals surface area contributed by atoms with E-state index in [-0.39, 0.29) is 29.6 Å². The standard InChI is InChI=1S/C33H28ClF3N4O2/c34-20-13-14-21-24(16-20)40-31(43)32(21)28(29(42)30-38-22-6-2-3-7-23(22)39-30)27(17-9-11-19(12-10-17)33(35,36)37)26-15-18-5-1-4-8-25(18)41(26)32/h2-3,6-7,9-14,16,18,25-28H,1,4-5,8,15H2,(H,38,39)(H,40,43)/t18?,25-,26?,27?,28?,32-/m1/s1. The number of halogens is 4. The molecule has 0 radical (unpaired) electrons. The van der Waals surface area contributed by atoms with Gasteiger partial charge in [-0.1, -0.05) is 54.8 Å². The van der Waals surface area contributed by atoms with Crippen LogP contribution in [0.5, 0.6) is 0 Å². The molecule has 43 heavy (non-hydrogen) atoms. The average molecular weight is 605 g/mol. The van der Waals surface area contributed by atoms with Gasteiger partial charge in [0.1, 0.15) is 5.54 Å². The van der Waals surface area contributed by atoms with Crippen LogP contribution in [0.2, 0.25) is 5.02 Å². The minimum atomic E-state index is -4.49. The van der Waals surface area contributed by atoms with Crippen molar-refractivity contribution >= 4 is 40.0 Å². The molecule has 0 bridgehead atoms. The lowest BCUT2D eigenvalue weighted by Gasteiger charge is -2.42. The molecule has 220 valence electrons. The van der Waals surface area contributed by atoms with Gasteiger partial charge in [0.25, 0.3) is 0 Å². The van der Waals surface area contributed by atoms with Crippen molar-refractivity contribution in [3.8, 4) is 0 Å². The number of ketones is 1. The minimum absolute atomic E-state index is 0.0662. The number of alkyl halides is 3. The second kappa shape index (κ2) is 9.40. The number of aromatic amines is 1. The van der Waals surface area contributed by atoms with Crippen molar-refractivity contribution in [2.45, 2.75) is 61.8 Å². The first-order valence-electron chi connectivity index (χ1n) is 14.7. The smallest absolute Gasteiger partial charge is 0.335 e. The molecule has 1 aliphatic carbocycles. The Labute approximate surface area is 250 Å². The van der Waals surface area contributed by atoms with Gasteiger partial charge in [0.2, 0.25) is 11.7 Å². The summed E-state index contributed by atoms with van der Waals surface area (Å²) in [4.78, 5) is 39.5. The molecular formula is C33H28ClF3N4O2. The molecule has 3 aromatic carbocycles. The molecule has 1 aromatic heterocycles. The maximum Gasteiger partial charge on any atom is 0.416 e. The van der Waals surface area contributed by atoms with Gasteiger partial charge in [0.05, 0.1) is 22.5 Å². The number of Topliss-reactive ketones (excluding diaryl/α,β-unsaturated/α-hetero) is 1. The van der Waals surface area contributed by atoms with E-state index in [1.54, 1.807) is 12.1 Å². The van der Waals surface area contributed by atoms with E-state index >= 15 is 0 Å². The Kier molecular flexibility index (Phi) is 5.88. The van der Waals surface area contributed by atoms with Crippen LogP contribution in [0.15, 0.2) is 66.7 Å². The third-order valence-corrected chi connectivity index (χ3v) is 10.5. The van der Waals surface area contributed by atoms with Gasteiger partial charge in [-0.2, -0.15) is 13.2 Å². The van der Waals surface area contributed by atoms with E-state index in [4.69, 9.17) is 11.6 Å². The van der Waals surface area contributed by atoms with Gasteiger partial charge in [-0.15, -0.1) is 0 Å². The molecule has 1 spiro atoms. The van der Waals surface area contributed by atoms with E-state index in [1.165, 1.54) is 12.1 Å². The third kappa shape index (κ3) is 3.80. The summed E-state index contributed by atoms with van der Waals surface area (Å²) in [6.07, 6.45) is 0.298. The molecule has 6 nitrogen and oxygen atoms in total. The molecule has 6 atom stereocenters. The molecule has 2 N–H and O–H groups in total. The number of anilines is 1. The lowest BCUT2D eigenvalue weighted by atomic mass is 9.68. The third-order valence-electron chi connectivity index (χ3n) is 10.3. The van der Waals surface area contributed by atoms with Crippen LogP contribution in [-0.4, -0.2) is 38.6 Å². The van der Waals surface area contributed by atoms with Gasteiger partial charge >= 0.3 is 6.18 Å². The maximum absolute atomic E-state index is 14.9. The monoisotopic (exact) mass is 604 g/mol. The number of hydrogen-bond acceptors (Lipinski definition) is 4. The van der Waals surface area contributed by atoms with Gasteiger partial charge in [0, 0.05) is 34.3 Å². The molecule has 4 heterocycles. The number of para-hydroxylation sites is 2. The lowest BCUT2D eigenvalue weighted by Crippen LogP contribution is -2.56. The van der Waals surface area contributed by atoms with Gasteiger partial charge in [-0.05, 0) is 67.1 Å². The van der Waals surface area contributed by atoms with Crippen LogP contribution >= 0.6 is 11.6 Å². The summed E-state index contributed by atoms with van der Waals surface area (Å²) in [5.41, 5.74) is 1.06. The lowest BCUT2D eigenvalue weighted by molar-refractivity contribution is -0.137. The number of imidazole rings is 1. The zero-order valence-corrected chi connectivity index (χ0v) is 23.8. The predicted octanol–water partition coefficient (Wildman–Crippen LogP) is 7.31. The first-order valence-corrected chi connectivity index (χ1v) is 15.1. The van der Waals surface area contributed by atoms with Crippen molar-refractivity contribution < 1.29 is 22.8 Å². The summed E-state index contributed by atoms with van der Waals surface area (Å²) in [6.45, 7) is 0. The number of rotatable bonds is 3. The summed E-state index contributed by atoms with van der Waals surface area (Å²) < 4.78 is 40.8. The largest absolute Gasteiger partial charge is 0.416 e. The summed E-state index contributed by atoms with van der Waals surface area (Å²) in [7, 11) is 0. The first-order chi connectivity index (χ1) is 20.7. The van der Waals surface area contributed by atoms with Gasteiger partial charge in [0.15, 0.2) is 5.82 Å². The highest BCUT2D eigenvalue weighted by Crippen LogP contribution is 2.64. The highest BCUT2D eigenvalue weighted by atomic mass is 35.5. The fourth-order valence-electron chi connectivity index (χ4n) is 8.72. The van der Waals surface area contributed by atoms with E-state index in [2.05, 4.69) is 20.2 Å². The Balaban J connectivity index is 1.38. The van der Waals surface area contributed by atoms with Crippen LogP contribution in [0.25, 0.3) is 11.0 Å². The normalized spacial score (nSPS) is 30.0. The van der Waals surface area contributed by atoms with E-state index in [0.29, 0.717) is 38.8 Å². The topological polar surface area (TPSA) is 78.1 Å². The second-order valence-electron chi connectivity index (χ2n) is 12.3. The minimum Gasteiger partial charge on any atom is -0.335 e. The van der Waals surface area contributed by atoms with Crippen LogP contribution < -0.4 is 5.32 Å². The number of aromatic nitrogens is 2. The van der Waals surface area contributed by atoms with Crippen molar-refractivity contribution in [1.29, 1.82) is 0 Å². The fraction of sp³-hybridized carbons (Fsp3) is 0.364. The molecule has 3 fully saturated rings. The summed E-state index contributed by atoms with van der Waals surface area (Å²) in [5.74, 6) is -1.65. The van der Waals surface area contributed by atoms with Crippen LogP contribution in [-0.2, 0) is 16.5 Å². The number of amides is 1. The van der Waals surface area contributed by atoms with E-state index in [9.17, 15) is 22.8 Å². The van der Waals surface area contributed by atoms with Crippen molar-refractivity contribution in [2.75, 3.05) is 5.32 Å². The number of carbonyl (C=O) groups excluding carboxylic acids is 2. The molecule has 4 aromatic rings. The number of benzene rings is 3. The van der Waals surface area contributed by atoms with Crippen molar-refractivity contribution in [1.82, 2.24) is 14.9 Å². The van der Waals surface area contributed by atoms with E-state index in [0.717, 1.165) is 44.2 Å². The number of H-pyrrole nitrogens is 1. The van der Waals surface area contributed by atoms with Crippen molar-refractivity contribution in [3.05, 3.63) is 94.3 Å². The fourth-order valence-corrected chi connectivity index (χ4v) is 8.89. The maximum atomic E-state index is 14.9. The highest BCUT2D eigenvalue weighted by molar-refractivity contribution is 6.31. The highest BCUT2D eigenvalue weighted by Gasteiger charge is 2.72. The molecule has 3 aliphatic heterocycles. The Bertz CT molecular complexity index is 1750. The Morgan fingerprint density at radius 2 is 1.77 bits per heavy atom. The molecule has 8 rings (SSSR count). The summed E-state index contributed by atoms with van der Waals surface area (Å²) in [6, 6.07) is 17.6. The first kappa shape index (κ1) is 26.9. The summed E-state index contributed by atoms with van der Waals surface area (Å²) in [5, 5.41) is 3.51. The second-order valence-corrected chi connectivity index (χ2v) is 12.8. The molecular weight excluding hydrogens is 577 g/mol. The van der Waals surface area contributed by atoms with Crippen LogP contribution in [0.3, 0.4) is 0 Å². The van der Waals surface area contributed by atoms with Gasteiger partial charge in [-0.3, -0.25) is 14.5 Å². The molecule has 4 unspecified atom stereocenters. The number of nitrogens with one attached hydrogen (secondary N) is 2. The van der Waals surface area contributed by atoms with Crippen LogP contribution in [0.4, 0.5) is 18.9 Å². The summed E-state index contributed by atoms with van der Waals surface area (Å²) >= 11 is 6.37. The molecule has 2 saturated heterocycles. The SMILES string of the molecule is O=C(c1nc2ccccc2[nH]1)C1C(c2ccc(C(F)(F)F)cc2)C2CC3CCCC[C@H]3N2[C@@]12C(=O)Nc1cc(Cl)ccc12. The number of carbonyl (C=O) groups is 2. The van der Waals surface area contributed by atoms with Gasteiger partial charge in [-0.25, -0.2) is 4.98 Å². The van der Waals surface area contributed by atoms with Crippen molar-refractivity contribution in [2.24, 2.45) is 11.8 Å². The van der Waals surface area contributed by atoms with Crippen molar-refractivity contribution in [3.63, 3.8) is 0 Å². The zero-order chi connectivity index (χ0) is 29.7. The van der Waals surface area contributed by atoms with E-state index in [1.807, 2.05) is 30.3 Å². The Morgan fingerprint density at radius 3 is 2.53 bits per heavy atom. The molecule has 1 amide bonds. The van der Waals surface area contributed by atoms with Crippen LogP contribution in [0, 0.1) is 11.8 Å². The van der Waals surface area contributed by atoms with Crippen LogP contribution in [0.1, 0.15) is 65.3 Å².